The highest BCUT2D eigenvalue weighted by molar-refractivity contribution is 5.85. The number of carbonyl (C=O) groups is 1. The van der Waals surface area contributed by atoms with Gasteiger partial charge in [0, 0.05) is 43.3 Å². The molecule has 0 radical (unpaired) electrons. The molecule has 2 fully saturated rings. The molecular formula is C27H37N5O2. The lowest BCUT2D eigenvalue weighted by Crippen LogP contribution is -2.53. The van der Waals surface area contributed by atoms with Gasteiger partial charge in [-0.05, 0) is 51.5 Å². The van der Waals surface area contributed by atoms with Crippen LogP contribution in [0.3, 0.4) is 0 Å². The van der Waals surface area contributed by atoms with Crippen LogP contribution in [0.5, 0.6) is 0 Å². The number of amides is 1. The second kappa shape index (κ2) is 8.93. The van der Waals surface area contributed by atoms with E-state index in [1.54, 1.807) is 6.33 Å². The van der Waals surface area contributed by atoms with E-state index in [9.17, 15) is 9.90 Å². The van der Waals surface area contributed by atoms with Gasteiger partial charge in [-0.1, -0.05) is 36.8 Å². The number of aliphatic hydroxyl groups excluding tert-OH is 1. The molecular weight excluding hydrogens is 426 g/mol. The molecule has 1 aromatic carbocycles. The highest BCUT2D eigenvalue weighted by Gasteiger charge is 2.41. The van der Waals surface area contributed by atoms with Crippen LogP contribution in [0, 0.1) is 6.92 Å². The lowest BCUT2D eigenvalue weighted by atomic mass is 9.88. The first-order chi connectivity index (χ1) is 16.2. The van der Waals surface area contributed by atoms with Crippen molar-refractivity contribution in [3.8, 4) is 0 Å². The first-order valence-electron chi connectivity index (χ1n) is 12.6. The fraction of sp³-hybridized carbons (Fsp3) is 0.593. The van der Waals surface area contributed by atoms with Gasteiger partial charge in [0.25, 0.3) is 0 Å². The Kier molecular flexibility index (Phi) is 6.10. The standard InChI is InChI=1S/C27H37N5O2/c1-17-5-7-19(8-6-17)23(20-9-10-27(3,4)30-20)26(34)32-13-11-31(12-14-32)25-22-18(2)15-21(33)24(22)28-16-29-25/h5-8,16,18,20-21,23,30,33H,9-15H2,1-4H3/t18-,20+,21-,23+/m1/s1. The quantitative estimate of drug-likeness (QED) is 0.724. The van der Waals surface area contributed by atoms with Crippen LogP contribution in [0.25, 0.3) is 0 Å². The summed E-state index contributed by atoms with van der Waals surface area (Å²) in [7, 11) is 0. The molecule has 2 saturated heterocycles. The van der Waals surface area contributed by atoms with Gasteiger partial charge in [-0.25, -0.2) is 9.97 Å². The van der Waals surface area contributed by atoms with Crippen molar-refractivity contribution in [2.75, 3.05) is 31.1 Å². The number of rotatable bonds is 4. The fourth-order valence-corrected chi connectivity index (χ4v) is 6.02. The average Bonchev–Trinajstić information content (AvgIpc) is 3.33. The van der Waals surface area contributed by atoms with E-state index in [4.69, 9.17) is 0 Å². The maximum atomic E-state index is 13.9. The molecule has 1 aromatic heterocycles. The molecule has 182 valence electrons. The summed E-state index contributed by atoms with van der Waals surface area (Å²) >= 11 is 0. The fourth-order valence-electron chi connectivity index (χ4n) is 6.02. The van der Waals surface area contributed by atoms with Gasteiger partial charge in [0.1, 0.15) is 12.1 Å². The van der Waals surface area contributed by atoms with Gasteiger partial charge >= 0.3 is 0 Å². The number of carbonyl (C=O) groups excluding carboxylic acids is 1. The largest absolute Gasteiger partial charge is 0.387 e. The first-order valence-corrected chi connectivity index (χ1v) is 12.6. The number of hydrogen-bond donors (Lipinski definition) is 2. The molecule has 0 bridgehead atoms. The van der Waals surface area contributed by atoms with Crippen molar-refractivity contribution in [2.24, 2.45) is 0 Å². The van der Waals surface area contributed by atoms with Crippen molar-refractivity contribution in [2.45, 2.75) is 76.5 Å². The van der Waals surface area contributed by atoms with Crippen LogP contribution >= 0.6 is 0 Å². The normalized spacial score (nSPS) is 27.0. The van der Waals surface area contributed by atoms with Gasteiger partial charge in [-0.15, -0.1) is 0 Å². The molecule has 0 spiro atoms. The van der Waals surface area contributed by atoms with Crippen molar-refractivity contribution in [1.82, 2.24) is 20.2 Å². The summed E-state index contributed by atoms with van der Waals surface area (Å²) < 4.78 is 0. The molecule has 2 N–H and O–H groups in total. The molecule has 4 atom stereocenters. The van der Waals surface area contributed by atoms with Crippen LogP contribution < -0.4 is 10.2 Å². The number of nitrogens with one attached hydrogen (secondary N) is 1. The van der Waals surface area contributed by atoms with Crippen LogP contribution in [0.15, 0.2) is 30.6 Å². The predicted octanol–water partition coefficient (Wildman–Crippen LogP) is 3.29. The smallest absolute Gasteiger partial charge is 0.231 e. The number of benzene rings is 1. The van der Waals surface area contributed by atoms with E-state index in [1.807, 2.05) is 4.90 Å². The zero-order valence-electron chi connectivity index (χ0n) is 20.8. The van der Waals surface area contributed by atoms with E-state index >= 15 is 0 Å². The van der Waals surface area contributed by atoms with Gasteiger partial charge in [0.05, 0.1) is 17.7 Å². The lowest BCUT2D eigenvalue weighted by Gasteiger charge is -2.39. The lowest BCUT2D eigenvalue weighted by molar-refractivity contribution is -0.133. The Morgan fingerprint density at radius 1 is 1.15 bits per heavy atom. The predicted molar refractivity (Wildman–Crippen MR) is 133 cm³/mol. The van der Waals surface area contributed by atoms with E-state index in [0.29, 0.717) is 19.5 Å². The van der Waals surface area contributed by atoms with Crippen LogP contribution in [-0.2, 0) is 4.79 Å². The summed E-state index contributed by atoms with van der Waals surface area (Å²) in [6, 6.07) is 8.61. The van der Waals surface area contributed by atoms with Crippen LogP contribution in [0.2, 0.25) is 0 Å². The van der Waals surface area contributed by atoms with Crippen molar-refractivity contribution in [1.29, 1.82) is 0 Å². The summed E-state index contributed by atoms with van der Waals surface area (Å²) in [6.45, 7) is 11.5. The molecule has 3 aliphatic rings. The minimum atomic E-state index is -0.506. The SMILES string of the molecule is Cc1ccc([C@H](C(=O)N2CCN(c3ncnc4c3[C@H](C)C[C@H]4O)CC2)[C@@H]2CCC(C)(C)N2)cc1. The number of hydrogen-bond acceptors (Lipinski definition) is 6. The molecule has 0 saturated carbocycles. The molecule has 1 amide bonds. The molecule has 34 heavy (non-hydrogen) atoms. The van der Waals surface area contributed by atoms with Crippen molar-refractivity contribution < 1.29 is 9.90 Å². The van der Waals surface area contributed by atoms with E-state index in [1.165, 1.54) is 5.56 Å². The van der Waals surface area contributed by atoms with E-state index in [2.05, 4.69) is 72.1 Å². The molecule has 2 aromatic rings. The Morgan fingerprint density at radius 3 is 2.50 bits per heavy atom. The van der Waals surface area contributed by atoms with Crippen molar-refractivity contribution in [3.05, 3.63) is 53.0 Å². The Balaban J connectivity index is 1.33. The number of fused-ring (bicyclic) bond motifs is 1. The summed E-state index contributed by atoms with van der Waals surface area (Å²) in [5.41, 5.74) is 4.21. The Hall–Kier alpha value is -2.51. The molecule has 2 aliphatic heterocycles. The Bertz CT molecular complexity index is 1050. The monoisotopic (exact) mass is 463 g/mol. The van der Waals surface area contributed by atoms with Crippen LogP contribution in [0.1, 0.15) is 80.4 Å². The van der Waals surface area contributed by atoms with Gasteiger partial charge in [0.2, 0.25) is 5.91 Å². The number of anilines is 1. The number of nitrogens with zero attached hydrogens (tertiary/aromatic N) is 4. The van der Waals surface area contributed by atoms with Gasteiger partial charge < -0.3 is 20.2 Å². The molecule has 0 unspecified atom stereocenters. The van der Waals surface area contributed by atoms with E-state index in [-0.39, 0.29) is 29.3 Å². The zero-order valence-corrected chi connectivity index (χ0v) is 20.8. The maximum Gasteiger partial charge on any atom is 0.231 e. The molecule has 7 heteroatoms. The minimum Gasteiger partial charge on any atom is -0.387 e. The summed E-state index contributed by atoms with van der Waals surface area (Å²) in [4.78, 5) is 27.1. The van der Waals surface area contributed by atoms with Crippen molar-refractivity contribution >= 4 is 11.7 Å². The number of aromatic nitrogens is 2. The topological polar surface area (TPSA) is 81.6 Å². The second-order valence-electron chi connectivity index (χ2n) is 11.0. The van der Waals surface area contributed by atoms with Crippen LogP contribution in [-0.4, -0.2) is 63.6 Å². The zero-order chi connectivity index (χ0) is 24.0. The highest BCUT2D eigenvalue weighted by atomic mass is 16.3. The number of aliphatic hydroxyl groups is 1. The van der Waals surface area contributed by atoms with Gasteiger partial charge in [0.15, 0.2) is 0 Å². The number of piperazine rings is 1. The van der Waals surface area contributed by atoms with Gasteiger partial charge in [-0.2, -0.15) is 0 Å². The Labute approximate surface area is 202 Å². The minimum absolute atomic E-state index is 0.0568. The third-order valence-electron chi connectivity index (χ3n) is 7.93. The molecule has 7 nitrogen and oxygen atoms in total. The van der Waals surface area contributed by atoms with E-state index in [0.717, 1.165) is 48.6 Å². The third-order valence-corrected chi connectivity index (χ3v) is 7.93. The highest BCUT2D eigenvalue weighted by Crippen LogP contribution is 2.43. The average molecular weight is 464 g/mol. The molecule has 3 heterocycles. The maximum absolute atomic E-state index is 13.9. The van der Waals surface area contributed by atoms with Crippen LogP contribution in [0.4, 0.5) is 5.82 Å². The third kappa shape index (κ3) is 4.31. The summed E-state index contributed by atoms with van der Waals surface area (Å²) in [6.07, 6.45) is 3.83. The van der Waals surface area contributed by atoms with Crippen molar-refractivity contribution in [3.63, 3.8) is 0 Å². The van der Waals surface area contributed by atoms with E-state index < -0.39 is 6.10 Å². The van der Waals surface area contributed by atoms with Gasteiger partial charge in [-0.3, -0.25) is 4.79 Å². The number of aryl methyl sites for hydroxylation is 1. The second-order valence-corrected chi connectivity index (χ2v) is 11.0. The molecule has 1 aliphatic carbocycles. The summed E-state index contributed by atoms with van der Waals surface area (Å²) in [5, 5.41) is 14.1. The molecule has 5 rings (SSSR count). The Morgan fingerprint density at radius 2 is 1.85 bits per heavy atom. The summed E-state index contributed by atoms with van der Waals surface area (Å²) in [5.74, 6) is 1.21. The first kappa shape index (κ1) is 23.2.